The fourth-order valence-corrected chi connectivity index (χ4v) is 3.24. The van der Waals surface area contributed by atoms with Gasteiger partial charge in [0.15, 0.2) is 6.04 Å². The van der Waals surface area contributed by atoms with Crippen LogP contribution in [0.25, 0.3) is 0 Å². The van der Waals surface area contributed by atoms with E-state index < -0.39 is 12.0 Å². The van der Waals surface area contributed by atoms with Gasteiger partial charge in [-0.15, -0.1) is 11.3 Å². The maximum Gasteiger partial charge on any atom is 0.340 e. The largest absolute Gasteiger partial charge is 0.465 e. The van der Waals surface area contributed by atoms with E-state index in [-0.39, 0.29) is 18.2 Å². The number of amides is 2. The van der Waals surface area contributed by atoms with Crippen molar-refractivity contribution in [2.45, 2.75) is 25.8 Å². The van der Waals surface area contributed by atoms with Crippen LogP contribution in [0, 0.1) is 0 Å². The average Bonchev–Trinajstić information content (AvgIpc) is 2.91. The van der Waals surface area contributed by atoms with Crippen molar-refractivity contribution in [3.05, 3.63) is 16.5 Å². The molecule has 0 unspecified atom stereocenters. The summed E-state index contributed by atoms with van der Waals surface area (Å²) in [6.07, 6.45) is 0.842. The van der Waals surface area contributed by atoms with Crippen LogP contribution < -0.4 is 16.0 Å². The van der Waals surface area contributed by atoms with Crippen molar-refractivity contribution in [3.63, 3.8) is 0 Å². The van der Waals surface area contributed by atoms with E-state index in [0.717, 1.165) is 17.8 Å². The van der Waals surface area contributed by atoms with Crippen molar-refractivity contribution >= 4 is 34.1 Å². The zero-order valence-electron chi connectivity index (χ0n) is 12.6. The second-order valence-corrected chi connectivity index (χ2v) is 6.11. The number of piperazine rings is 1. The molecule has 0 bridgehead atoms. The summed E-state index contributed by atoms with van der Waals surface area (Å²) in [4.78, 5) is 36.5. The van der Waals surface area contributed by atoms with Gasteiger partial charge in [0.2, 0.25) is 5.91 Å². The number of thiophene rings is 1. The van der Waals surface area contributed by atoms with Crippen LogP contribution in [-0.2, 0) is 20.7 Å². The van der Waals surface area contributed by atoms with E-state index in [0.29, 0.717) is 17.1 Å². The van der Waals surface area contributed by atoms with Gasteiger partial charge in [0.25, 0.3) is 5.91 Å². The number of hydrogen-bond acceptors (Lipinski definition) is 5. The highest BCUT2D eigenvalue weighted by Crippen LogP contribution is 2.29. The van der Waals surface area contributed by atoms with Crippen LogP contribution in [0.2, 0.25) is 0 Å². The monoisotopic (exact) mass is 326 g/mol. The number of quaternary nitrogens is 1. The van der Waals surface area contributed by atoms with Crippen LogP contribution in [0.5, 0.6) is 0 Å². The zero-order valence-corrected chi connectivity index (χ0v) is 13.4. The third kappa shape index (κ3) is 3.83. The fraction of sp³-hybridized carbons (Fsp3) is 0.500. The predicted molar refractivity (Wildman–Crippen MR) is 81.9 cm³/mol. The lowest BCUT2D eigenvalue weighted by Gasteiger charge is -2.19. The number of carbonyl (C=O) groups excluding carboxylic acids is 3. The third-order valence-electron chi connectivity index (χ3n) is 3.43. The number of methoxy groups -OCH3 is 1. The molecule has 2 rings (SSSR count). The molecule has 0 spiro atoms. The van der Waals surface area contributed by atoms with Gasteiger partial charge in [-0.2, -0.15) is 0 Å². The number of ether oxygens (including phenoxy) is 1. The van der Waals surface area contributed by atoms with E-state index in [1.807, 2.05) is 12.2 Å². The minimum absolute atomic E-state index is 0.0752. The van der Waals surface area contributed by atoms with E-state index in [1.165, 1.54) is 18.4 Å². The van der Waals surface area contributed by atoms with Gasteiger partial charge in [-0.3, -0.25) is 9.59 Å². The van der Waals surface area contributed by atoms with Crippen molar-refractivity contribution in [3.8, 4) is 0 Å². The summed E-state index contributed by atoms with van der Waals surface area (Å²) in [5.41, 5.74) is 0.356. The molecule has 8 heteroatoms. The number of aryl methyl sites for hydroxylation is 1. The molecule has 1 aliphatic heterocycles. The highest BCUT2D eigenvalue weighted by atomic mass is 32.1. The van der Waals surface area contributed by atoms with Crippen LogP contribution >= 0.6 is 11.3 Å². The number of nitrogens with two attached hydrogens (primary N) is 1. The maximum absolute atomic E-state index is 12.1. The second-order valence-electron chi connectivity index (χ2n) is 4.97. The Bertz CT molecular complexity index is 585. The van der Waals surface area contributed by atoms with Gasteiger partial charge in [-0.25, -0.2) is 4.79 Å². The Kier molecular flexibility index (Phi) is 5.51. The molecule has 0 aromatic carbocycles. The quantitative estimate of drug-likeness (QED) is 0.634. The normalized spacial score (nSPS) is 17.7. The van der Waals surface area contributed by atoms with Gasteiger partial charge in [0, 0.05) is 4.88 Å². The Labute approximate surface area is 132 Å². The summed E-state index contributed by atoms with van der Waals surface area (Å²) in [6.45, 7) is 3.35. The minimum atomic E-state index is -0.478. The summed E-state index contributed by atoms with van der Waals surface area (Å²) in [7, 11) is 1.30. The Hall–Kier alpha value is -1.93. The molecule has 4 N–H and O–H groups in total. The van der Waals surface area contributed by atoms with Gasteiger partial charge in [-0.05, 0) is 12.5 Å². The summed E-state index contributed by atoms with van der Waals surface area (Å²) in [6, 6.07) is 1.31. The Balaban J connectivity index is 2.05. The zero-order chi connectivity index (χ0) is 16.1. The first kappa shape index (κ1) is 16.4. The van der Waals surface area contributed by atoms with Crippen LogP contribution in [0.15, 0.2) is 6.07 Å². The first-order valence-corrected chi connectivity index (χ1v) is 7.98. The molecular weight excluding hydrogens is 306 g/mol. The lowest BCUT2D eigenvalue weighted by molar-refractivity contribution is -0.678. The van der Waals surface area contributed by atoms with E-state index in [4.69, 9.17) is 4.74 Å². The molecule has 1 aromatic heterocycles. The van der Waals surface area contributed by atoms with Gasteiger partial charge in [0.1, 0.15) is 5.00 Å². The molecule has 0 aliphatic carbocycles. The van der Waals surface area contributed by atoms with E-state index >= 15 is 0 Å². The van der Waals surface area contributed by atoms with Crippen molar-refractivity contribution in [2.24, 2.45) is 0 Å². The molecule has 1 fully saturated rings. The van der Waals surface area contributed by atoms with Crippen LogP contribution in [0.1, 0.15) is 28.6 Å². The summed E-state index contributed by atoms with van der Waals surface area (Å²) in [5, 5.41) is 7.79. The van der Waals surface area contributed by atoms with Crippen LogP contribution in [0.4, 0.5) is 5.00 Å². The fourth-order valence-electron chi connectivity index (χ4n) is 2.24. The number of anilines is 1. The number of esters is 1. The molecule has 120 valence electrons. The number of hydrogen-bond donors (Lipinski definition) is 3. The summed E-state index contributed by atoms with van der Waals surface area (Å²) in [5.74, 6) is -0.892. The van der Waals surface area contributed by atoms with Gasteiger partial charge in [-0.1, -0.05) is 6.92 Å². The number of nitrogens with one attached hydrogen (secondary N) is 2. The first-order chi connectivity index (χ1) is 10.5. The smallest absolute Gasteiger partial charge is 0.340 e. The topological polar surface area (TPSA) is 101 Å². The molecule has 1 atom stereocenters. The molecule has 2 amide bonds. The minimum Gasteiger partial charge on any atom is -0.465 e. The second kappa shape index (κ2) is 7.37. The van der Waals surface area contributed by atoms with E-state index in [1.54, 1.807) is 6.07 Å². The van der Waals surface area contributed by atoms with Gasteiger partial charge in [0.05, 0.1) is 32.2 Å². The molecule has 0 radical (unpaired) electrons. The van der Waals surface area contributed by atoms with Gasteiger partial charge >= 0.3 is 5.97 Å². The molecule has 22 heavy (non-hydrogen) atoms. The van der Waals surface area contributed by atoms with Gasteiger partial charge < -0.3 is 20.7 Å². The number of carbonyl (C=O) groups is 3. The SMILES string of the molecule is CCc1cc(C(=O)OC)c(NC(=O)C[C@H]2[NH2+]CCNC2=O)s1. The molecule has 0 saturated carbocycles. The highest BCUT2D eigenvalue weighted by Gasteiger charge is 2.28. The highest BCUT2D eigenvalue weighted by molar-refractivity contribution is 7.16. The van der Waals surface area contributed by atoms with Crippen molar-refractivity contribution < 1.29 is 24.4 Å². The average molecular weight is 326 g/mol. The molecule has 1 aromatic rings. The lowest BCUT2D eigenvalue weighted by atomic mass is 10.1. The lowest BCUT2D eigenvalue weighted by Crippen LogP contribution is -2.96. The van der Waals surface area contributed by atoms with Crippen molar-refractivity contribution in [1.29, 1.82) is 0 Å². The van der Waals surface area contributed by atoms with E-state index in [9.17, 15) is 14.4 Å². The van der Waals surface area contributed by atoms with Crippen molar-refractivity contribution in [2.75, 3.05) is 25.5 Å². The Morgan fingerprint density at radius 3 is 2.95 bits per heavy atom. The Morgan fingerprint density at radius 2 is 2.32 bits per heavy atom. The number of rotatable bonds is 5. The summed E-state index contributed by atoms with van der Waals surface area (Å²) < 4.78 is 4.73. The summed E-state index contributed by atoms with van der Waals surface area (Å²) >= 11 is 1.35. The molecule has 2 heterocycles. The molecule has 1 saturated heterocycles. The molecular formula is C14H20N3O4S+. The third-order valence-corrected chi connectivity index (χ3v) is 4.62. The molecule has 7 nitrogen and oxygen atoms in total. The van der Waals surface area contributed by atoms with Crippen molar-refractivity contribution in [1.82, 2.24) is 5.32 Å². The van der Waals surface area contributed by atoms with Crippen LogP contribution in [0.3, 0.4) is 0 Å². The molecule has 1 aliphatic rings. The first-order valence-electron chi connectivity index (χ1n) is 7.17. The van der Waals surface area contributed by atoms with E-state index in [2.05, 4.69) is 10.6 Å². The standard InChI is InChI=1S/C14H19N3O4S/c1-3-8-6-9(14(20)21-2)13(22-8)17-11(18)7-10-12(19)16-5-4-15-10/h6,10,15H,3-5,7H2,1-2H3,(H,16,19)(H,17,18)/p+1/t10-/m1/s1. The van der Waals surface area contributed by atoms with Crippen LogP contribution in [-0.4, -0.2) is 44.0 Å². The maximum atomic E-state index is 12.1. The predicted octanol–water partition coefficient (Wildman–Crippen LogP) is -0.512. The Morgan fingerprint density at radius 1 is 1.55 bits per heavy atom.